The molecule has 2 aromatic carbocycles. The fraction of sp³-hybridized carbons (Fsp3) is 0.0667. The number of hydrogen-bond donors (Lipinski definition) is 0. The maximum atomic E-state index is 13.9. The monoisotopic (exact) mass is 387 g/mol. The number of sulfonamides is 1. The number of halogens is 3. The van der Waals surface area contributed by atoms with Gasteiger partial charge in [-0.1, -0.05) is 22.0 Å². The van der Waals surface area contributed by atoms with Crippen molar-refractivity contribution in [3.8, 4) is 0 Å². The largest absolute Gasteiger partial charge is 0.264 e. The first kappa shape index (κ1) is 16.6. The summed E-state index contributed by atoms with van der Waals surface area (Å²) in [7, 11) is -3.99. The third kappa shape index (κ3) is 3.36. The first-order chi connectivity index (χ1) is 10.4. The maximum absolute atomic E-state index is 13.9. The van der Waals surface area contributed by atoms with Crippen LogP contribution in [0.15, 0.2) is 64.5 Å². The molecule has 22 heavy (non-hydrogen) atoms. The summed E-state index contributed by atoms with van der Waals surface area (Å²) in [5.41, 5.74) is -0.232. The molecule has 2 rings (SSSR count). The Labute approximate surface area is 136 Å². The summed E-state index contributed by atoms with van der Waals surface area (Å²) in [6, 6.07) is 8.67. The van der Waals surface area contributed by atoms with Gasteiger partial charge in [0.05, 0.1) is 17.1 Å². The summed E-state index contributed by atoms with van der Waals surface area (Å²) in [6.45, 7) is 3.35. The van der Waals surface area contributed by atoms with Crippen LogP contribution in [0.4, 0.5) is 14.5 Å². The lowest BCUT2D eigenvalue weighted by atomic mass is 10.3. The van der Waals surface area contributed by atoms with E-state index in [4.69, 9.17) is 0 Å². The minimum atomic E-state index is -3.99. The molecular formula is C15H12BrF2NO2S. The molecule has 0 saturated heterocycles. The fourth-order valence-corrected chi connectivity index (χ4v) is 3.57. The average Bonchev–Trinajstić information content (AvgIpc) is 2.46. The van der Waals surface area contributed by atoms with Crippen LogP contribution in [0.2, 0.25) is 0 Å². The van der Waals surface area contributed by atoms with Crippen molar-refractivity contribution in [3.63, 3.8) is 0 Å². The molecule has 0 radical (unpaired) electrons. The van der Waals surface area contributed by atoms with Crippen LogP contribution in [0, 0.1) is 11.6 Å². The van der Waals surface area contributed by atoms with Crippen LogP contribution >= 0.6 is 15.9 Å². The van der Waals surface area contributed by atoms with Crippen molar-refractivity contribution >= 4 is 31.6 Å². The zero-order valence-electron chi connectivity index (χ0n) is 11.3. The van der Waals surface area contributed by atoms with Gasteiger partial charge < -0.3 is 0 Å². The molecule has 0 atom stereocenters. The lowest BCUT2D eigenvalue weighted by Crippen LogP contribution is -2.32. The van der Waals surface area contributed by atoms with E-state index in [9.17, 15) is 17.2 Å². The van der Waals surface area contributed by atoms with E-state index in [1.165, 1.54) is 18.2 Å². The van der Waals surface area contributed by atoms with Crippen LogP contribution in [0.25, 0.3) is 0 Å². The zero-order valence-corrected chi connectivity index (χ0v) is 13.7. The Balaban J connectivity index is 2.55. The molecule has 0 aromatic heterocycles. The quantitative estimate of drug-likeness (QED) is 0.723. The second-order valence-electron chi connectivity index (χ2n) is 4.37. The van der Waals surface area contributed by atoms with Gasteiger partial charge in [-0.05, 0) is 36.4 Å². The predicted molar refractivity (Wildman–Crippen MR) is 85.2 cm³/mol. The Kier molecular flexibility index (Phi) is 4.97. The van der Waals surface area contributed by atoms with Crippen molar-refractivity contribution in [1.29, 1.82) is 0 Å². The maximum Gasteiger partial charge on any atom is 0.264 e. The van der Waals surface area contributed by atoms with Crippen molar-refractivity contribution < 1.29 is 17.2 Å². The molecule has 0 amide bonds. The van der Waals surface area contributed by atoms with Crippen LogP contribution in [-0.4, -0.2) is 15.0 Å². The minimum Gasteiger partial charge on any atom is -0.260 e. The molecule has 2 aromatic rings. The van der Waals surface area contributed by atoms with Crippen molar-refractivity contribution in [2.24, 2.45) is 0 Å². The van der Waals surface area contributed by atoms with Crippen LogP contribution in [0.3, 0.4) is 0 Å². The number of benzene rings is 2. The van der Waals surface area contributed by atoms with E-state index < -0.39 is 21.7 Å². The van der Waals surface area contributed by atoms with E-state index in [1.807, 2.05) is 0 Å². The van der Waals surface area contributed by atoms with E-state index in [0.29, 0.717) is 6.07 Å². The molecule has 3 nitrogen and oxygen atoms in total. The van der Waals surface area contributed by atoms with E-state index >= 15 is 0 Å². The third-order valence-corrected chi connectivity index (χ3v) is 5.20. The summed E-state index contributed by atoms with van der Waals surface area (Å²) in [4.78, 5) is 0.00118. The Morgan fingerprint density at radius 1 is 1.14 bits per heavy atom. The fourth-order valence-electron chi connectivity index (χ4n) is 1.86. The highest BCUT2D eigenvalue weighted by Gasteiger charge is 2.26. The topological polar surface area (TPSA) is 37.4 Å². The smallest absolute Gasteiger partial charge is 0.260 e. The third-order valence-electron chi connectivity index (χ3n) is 2.87. The first-order valence-electron chi connectivity index (χ1n) is 6.20. The minimum absolute atomic E-state index is 0.00118. The molecule has 0 N–H and O–H groups in total. The lowest BCUT2D eigenvalue weighted by molar-refractivity contribution is 0.575. The first-order valence-corrected chi connectivity index (χ1v) is 8.44. The highest BCUT2D eigenvalue weighted by molar-refractivity contribution is 9.10. The van der Waals surface area contributed by atoms with Crippen molar-refractivity contribution in [2.75, 3.05) is 10.8 Å². The Bertz CT molecular complexity index is 792. The average molecular weight is 388 g/mol. The number of nitrogens with zero attached hydrogens (tertiary/aromatic N) is 1. The van der Waals surface area contributed by atoms with Gasteiger partial charge in [-0.3, -0.25) is 4.31 Å². The Hall–Kier alpha value is -1.73. The summed E-state index contributed by atoms with van der Waals surface area (Å²) in [6.07, 6.45) is 1.33. The molecule has 0 aliphatic rings. The van der Waals surface area contributed by atoms with Gasteiger partial charge >= 0.3 is 0 Å². The number of anilines is 1. The van der Waals surface area contributed by atoms with Crippen molar-refractivity contribution in [1.82, 2.24) is 0 Å². The second-order valence-corrected chi connectivity index (χ2v) is 7.15. The van der Waals surface area contributed by atoms with Crippen LogP contribution in [0.5, 0.6) is 0 Å². The summed E-state index contributed by atoms with van der Waals surface area (Å²) < 4.78 is 53.9. The van der Waals surface area contributed by atoms with Gasteiger partial charge in [0, 0.05) is 10.5 Å². The summed E-state index contributed by atoms with van der Waals surface area (Å²) in [5, 5.41) is 0. The second kappa shape index (κ2) is 6.58. The number of hydrogen-bond acceptors (Lipinski definition) is 2. The van der Waals surface area contributed by atoms with Crippen molar-refractivity contribution in [2.45, 2.75) is 4.90 Å². The summed E-state index contributed by atoms with van der Waals surface area (Å²) in [5.74, 6) is -1.73. The molecule has 0 heterocycles. The number of rotatable bonds is 5. The molecule has 0 saturated carbocycles. The van der Waals surface area contributed by atoms with Crippen LogP contribution in [0.1, 0.15) is 0 Å². The molecular weight excluding hydrogens is 376 g/mol. The molecule has 0 bridgehead atoms. The molecule has 0 spiro atoms. The SMILES string of the molecule is C=CCN(c1ccc(F)cc1F)S(=O)(=O)c1ccc(Br)cc1. The van der Waals surface area contributed by atoms with Gasteiger partial charge in [-0.25, -0.2) is 17.2 Å². The van der Waals surface area contributed by atoms with Gasteiger partial charge in [-0.15, -0.1) is 6.58 Å². The van der Waals surface area contributed by atoms with Crippen LogP contribution < -0.4 is 4.31 Å². The van der Waals surface area contributed by atoms with Gasteiger partial charge in [0.1, 0.15) is 11.6 Å². The van der Waals surface area contributed by atoms with E-state index in [2.05, 4.69) is 22.5 Å². The van der Waals surface area contributed by atoms with E-state index in [-0.39, 0.29) is 17.1 Å². The lowest BCUT2D eigenvalue weighted by Gasteiger charge is -2.23. The summed E-state index contributed by atoms with van der Waals surface area (Å²) >= 11 is 3.22. The molecule has 0 aliphatic heterocycles. The molecule has 116 valence electrons. The van der Waals surface area contributed by atoms with Gasteiger partial charge in [0.2, 0.25) is 0 Å². The van der Waals surface area contributed by atoms with E-state index in [0.717, 1.165) is 20.9 Å². The van der Waals surface area contributed by atoms with Gasteiger partial charge in [0.25, 0.3) is 10.0 Å². The normalized spacial score (nSPS) is 11.2. The van der Waals surface area contributed by atoms with E-state index in [1.54, 1.807) is 12.1 Å². The Morgan fingerprint density at radius 2 is 1.77 bits per heavy atom. The zero-order chi connectivity index (χ0) is 16.3. The van der Waals surface area contributed by atoms with Gasteiger partial charge in [-0.2, -0.15) is 0 Å². The Morgan fingerprint density at radius 3 is 2.32 bits per heavy atom. The van der Waals surface area contributed by atoms with Gasteiger partial charge in [0.15, 0.2) is 0 Å². The highest BCUT2D eigenvalue weighted by atomic mass is 79.9. The molecule has 7 heteroatoms. The van der Waals surface area contributed by atoms with Crippen molar-refractivity contribution in [3.05, 3.63) is 71.2 Å². The van der Waals surface area contributed by atoms with Crippen LogP contribution in [-0.2, 0) is 10.0 Å². The standard InChI is InChI=1S/C15H12BrF2NO2S/c1-2-9-19(15-8-5-12(17)10-14(15)18)22(20,21)13-6-3-11(16)4-7-13/h2-8,10H,1,9H2. The molecule has 0 unspecified atom stereocenters. The predicted octanol–water partition coefficient (Wildman–Crippen LogP) is 4.11. The molecule has 0 aliphatic carbocycles. The molecule has 0 fully saturated rings. The highest BCUT2D eigenvalue weighted by Crippen LogP contribution is 2.27.